The number of aromatic nitrogens is 1. The Labute approximate surface area is 175 Å². The molecule has 0 saturated carbocycles. The maximum Gasteiger partial charge on any atom is 0.269 e. The Bertz CT molecular complexity index is 940. The number of nitrogens with one attached hydrogen (secondary N) is 2. The van der Waals surface area contributed by atoms with Gasteiger partial charge in [-0.25, -0.2) is 0 Å². The van der Waals surface area contributed by atoms with Gasteiger partial charge >= 0.3 is 0 Å². The van der Waals surface area contributed by atoms with E-state index in [9.17, 15) is 9.59 Å². The number of nitrogens with zero attached hydrogens (tertiary/aromatic N) is 2. The lowest BCUT2D eigenvalue weighted by atomic mass is 9.86. The number of aryl methyl sites for hydroxylation is 1. The summed E-state index contributed by atoms with van der Waals surface area (Å²) in [4.78, 5) is 31.0. The zero-order valence-electron chi connectivity index (χ0n) is 17.0. The van der Waals surface area contributed by atoms with Gasteiger partial charge in [0.2, 0.25) is 0 Å². The highest BCUT2D eigenvalue weighted by molar-refractivity contribution is 6.39. The molecule has 2 aromatic rings. The first kappa shape index (κ1) is 20.2. The highest BCUT2D eigenvalue weighted by atomic mass is 16.7. The van der Waals surface area contributed by atoms with E-state index in [2.05, 4.69) is 15.8 Å². The minimum atomic E-state index is -0.856. The van der Waals surface area contributed by atoms with Gasteiger partial charge in [-0.15, -0.1) is 0 Å². The molecule has 1 aromatic carbocycles. The SMILES string of the molecule is Cn1cccc1C(=O)N[C@@H]1CCOC[C@@]12CC(C(=O)NCCc1ccccc1)=NO2. The third-order valence-corrected chi connectivity index (χ3v) is 5.62. The Morgan fingerprint density at radius 3 is 2.80 bits per heavy atom. The smallest absolute Gasteiger partial charge is 0.269 e. The Morgan fingerprint density at radius 1 is 1.20 bits per heavy atom. The zero-order chi connectivity index (χ0) is 21.0. The van der Waals surface area contributed by atoms with Crippen molar-refractivity contribution in [1.82, 2.24) is 15.2 Å². The average Bonchev–Trinajstić information content (AvgIpc) is 3.38. The van der Waals surface area contributed by atoms with E-state index in [1.807, 2.05) is 49.6 Å². The molecule has 2 amide bonds. The zero-order valence-corrected chi connectivity index (χ0v) is 17.0. The van der Waals surface area contributed by atoms with Gasteiger partial charge in [-0.1, -0.05) is 35.5 Å². The lowest BCUT2D eigenvalue weighted by Gasteiger charge is -2.38. The van der Waals surface area contributed by atoms with Crippen LogP contribution in [-0.2, 0) is 27.8 Å². The normalized spacial score (nSPS) is 23.0. The van der Waals surface area contributed by atoms with Crippen LogP contribution in [0.5, 0.6) is 0 Å². The lowest BCUT2D eigenvalue weighted by Crippen LogP contribution is -2.59. The van der Waals surface area contributed by atoms with Crippen LogP contribution in [0, 0.1) is 0 Å². The van der Waals surface area contributed by atoms with Gasteiger partial charge in [0.1, 0.15) is 11.4 Å². The molecule has 0 radical (unpaired) electrons. The molecule has 2 aliphatic heterocycles. The standard InChI is InChI=1S/C22H26N4O4/c1-26-12-5-8-18(26)21(28)24-19-10-13-29-15-22(19)14-17(25-30-22)20(27)23-11-9-16-6-3-2-4-7-16/h2-8,12,19H,9-11,13-15H2,1H3,(H,23,27)(H,24,28)/t19-,22+/m1/s1. The first-order chi connectivity index (χ1) is 14.6. The topological polar surface area (TPSA) is 94.0 Å². The van der Waals surface area contributed by atoms with Crippen LogP contribution < -0.4 is 10.6 Å². The highest BCUT2D eigenvalue weighted by Gasteiger charge is 2.50. The fraction of sp³-hybridized carbons (Fsp3) is 0.409. The molecule has 0 unspecified atom stereocenters. The molecule has 8 heteroatoms. The van der Waals surface area contributed by atoms with Crippen LogP contribution in [0.3, 0.4) is 0 Å². The summed E-state index contributed by atoms with van der Waals surface area (Å²) in [7, 11) is 1.82. The molecule has 1 fully saturated rings. The maximum absolute atomic E-state index is 12.7. The number of oxime groups is 1. The molecule has 4 rings (SSSR count). The minimum Gasteiger partial charge on any atom is -0.384 e. The molecule has 1 saturated heterocycles. The molecule has 8 nitrogen and oxygen atoms in total. The highest BCUT2D eigenvalue weighted by Crippen LogP contribution is 2.33. The van der Waals surface area contributed by atoms with Crippen molar-refractivity contribution < 1.29 is 19.2 Å². The van der Waals surface area contributed by atoms with E-state index in [1.165, 1.54) is 0 Å². The number of carbonyl (C=O) groups is 2. The van der Waals surface area contributed by atoms with Crippen molar-refractivity contribution in [2.75, 3.05) is 19.8 Å². The molecular weight excluding hydrogens is 384 g/mol. The fourth-order valence-electron chi connectivity index (χ4n) is 3.89. The second kappa shape index (κ2) is 8.71. The summed E-state index contributed by atoms with van der Waals surface area (Å²) in [5, 5.41) is 9.99. The molecule has 1 aromatic heterocycles. The summed E-state index contributed by atoms with van der Waals surface area (Å²) < 4.78 is 7.38. The van der Waals surface area contributed by atoms with Gasteiger partial charge in [0.25, 0.3) is 11.8 Å². The molecular formula is C22H26N4O4. The third-order valence-electron chi connectivity index (χ3n) is 5.62. The summed E-state index contributed by atoms with van der Waals surface area (Å²) in [5.41, 5.74) is 1.19. The summed E-state index contributed by atoms with van der Waals surface area (Å²) in [6.45, 7) is 1.30. The molecule has 2 aliphatic rings. The Balaban J connectivity index is 1.35. The molecule has 2 N–H and O–H groups in total. The molecule has 3 heterocycles. The van der Waals surface area contributed by atoms with Crippen molar-refractivity contribution in [1.29, 1.82) is 0 Å². The summed E-state index contributed by atoms with van der Waals surface area (Å²) >= 11 is 0. The molecule has 1 spiro atoms. The number of benzene rings is 1. The van der Waals surface area contributed by atoms with Crippen LogP contribution in [0.15, 0.2) is 53.8 Å². The molecule has 0 aliphatic carbocycles. The largest absolute Gasteiger partial charge is 0.384 e. The number of amides is 2. The molecule has 0 bridgehead atoms. The van der Waals surface area contributed by atoms with E-state index in [4.69, 9.17) is 9.57 Å². The van der Waals surface area contributed by atoms with Crippen molar-refractivity contribution in [3.05, 3.63) is 59.9 Å². The molecule has 2 atom stereocenters. The van der Waals surface area contributed by atoms with Gasteiger partial charge in [0.05, 0.1) is 12.6 Å². The predicted molar refractivity (Wildman–Crippen MR) is 111 cm³/mol. The second-order valence-electron chi connectivity index (χ2n) is 7.73. The van der Waals surface area contributed by atoms with Gasteiger partial charge in [-0.3, -0.25) is 9.59 Å². The Kier molecular flexibility index (Phi) is 5.85. The molecule has 158 valence electrons. The van der Waals surface area contributed by atoms with E-state index < -0.39 is 5.60 Å². The number of rotatable bonds is 6. The van der Waals surface area contributed by atoms with Gasteiger partial charge in [-0.05, 0) is 30.5 Å². The van der Waals surface area contributed by atoms with Gasteiger partial charge in [0.15, 0.2) is 5.60 Å². The number of ether oxygens (including phenoxy) is 1. The van der Waals surface area contributed by atoms with Crippen molar-refractivity contribution in [2.24, 2.45) is 12.2 Å². The van der Waals surface area contributed by atoms with Crippen LogP contribution >= 0.6 is 0 Å². The summed E-state index contributed by atoms with van der Waals surface area (Å²) in [6.07, 6.45) is 3.45. The third kappa shape index (κ3) is 4.23. The summed E-state index contributed by atoms with van der Waals surface area (Å²) in [6, 6.07) is 13.2. The van der Waals surface area contributed by atoms with E-state index in [0.717, 1.165) is 12.0 Å². The Morgan fingerprint density at radius 2 is 2.03 bits per heavy atom. The fourth-order valence-corrected chi connectivity index (χ4v) is 3.89. The van der Waals surface area contributed by atoms with Crippen LogP contribution in [0.2, 0.25) is 0 Å². The lowest BCUT2D eigenvalue weighted by molar-refractivity contribution is -0.128. The van der Waals surface area contributed by atoms with Gasteiger partial charge < -0.3 is 24.8 Å². The van der Waals surface area contributed by atoms with E-state index in [1.54, 1.807) is 10.6 Å². The van der Waals surface area contributed by atoms with Crippen molar-refractivity contribution in [3.8, 4) is 0 Å². The quantitative estimate of drug-likeness (QED) is 0.753. The van der Waals surface area contributed by atoms with Crippen LogP contribution in [-0.4, -0.2) is 53.5 Å². The van der Waals surface area contributed by atoms with E-state index in [0.29, 0.717) is 37.4 Å². The first-order valence-corrected chi connectivity index (χ1v) is 10.1. The van der Waals surface area contributed by atoms with Crippen LogP contribution in [0.25, 0.3) is 0 Å². The number of carbonyl (C=O) groups excluding carboxylic acids is 2. The maximum atomic E-state index is 12.7. The average molecular weight is 410 g/mol. The van der Waals surface area contributed by atoms with Crippen molar-refractivity contribution in [3.63, 3.8) is 0 Å². The van der Waals surface area contributed by atoms with Crippen molar-refractivity contribution in [2.45, 2.75) is 30.9 Å². The first-order valence-electron chi connectivity index (χ1n) is 10.1. The second-order valence-corrected chi connectivity index (χ2v) is 7.73. The van der Waals surface area contributed by atoms with E-state index in [-0.39, 0.29) is 24.5 Å². The van der Waals surface area contributed by atoms with Crippen LogP contribution in [0.1, 0.15) is 28.9 Å². The van der Waals surface area contributed by atoms with E-state index >= 15 is 0 Å². The molecule has 30 heavy (non-hydrogen) atoms. The van der Waals surface area contributed by atoms with Crippen LogP contribution in [0.4, 0.5) is 0 Å². The van der Waals surface area contributed by atoms with Gasteiger partial charge in [0, 0.05) is 32.8 Å². The monoisotopic (exact) mass is 410 g/mol. The predicted octanol–water partition coefficient (Wildman–Crippen LogP) is 1.42. The number of hydrogen-bond donors (Lipinski definition) is 2. The minimum absolute atomic E-state index is 0.182. The summed E-state index contributed by atoms with van der Waals surface area (Å²) in [5.74, 6) is -0.431. The Hall–Kier alpha value is -3.13. The number of hydrogen-bond acceptors (Lipinski definition) is 5. The van der Waals surface area contributed by atoms with Crippen molar-refractivity contribution >= 4 is 17.5 Å². The van der Waals surface area contributed by atoms with Gasteiger partial charge in [-0.2, -0.15) is 0 Å².